The van der Waals surface area contributed by atoms with Crippen LogP contribution in [0.25, 0.3) is 23.0 Å². The number of carbonyl (C=O) groups is 3. The van der Waals surface area contributed by atoms with Gasteiger partial charge in [-0.25, -0.2) is 14.9 Å². The van der Waals surface area contributed by atoms with Crippen molar-refractivity contribution < 1.29 is 14.4 Å². The zero-order valence-electron chi connectivity index (χ0n) is 18.7. The van der Waals surface area contributed by atoms with Crippen molar-refractivity contribution in [1.29, 1.82) is 0 Å². The van der Waals surface area contributed by atoms with Crippen molar-refractivity contribution in [3.05, 3.63) is 114 Å². The van der Waals surface area contributed by atoms with Crippen molar-refractivity contribution in [1.82, 2.24) is 20.6 Å². The molecule has 0 saturated heterocycles. The highest BCUT2D eigenvalue weighted by Crippen LogP contribution is 2.26. The first kappa shape index (κ1) is 23.2. The summed E-state index contributed by atoms with van der Waals surface area (Å²) in [5, 5.41) is 4.74. The maximum absolute atomic E-state index is 12.9. The van der Waals surface area contributed by atoms with Crippen molar-refractivity contribution >= 4 is 23.8 Å². The number of primary amides is 1. The van der Waals surface area contributed by atoms with E-state index >= 15 is 0 Å². The number of hydrogen-bond acceptors (Lipinski definition) is 4. The van der Waals surface area contributed by atoms with Gasteiger partial charge < -0.3 is 5.73 Å². The van der Waals surface area contributed by atoms with Gasteiger partial charge in [-0.2, -0.15) is 5.10 Å². The average Bonchev–Trinajstić information content (AvgIpc) is 3.32. The monoisotopic (exact) mass is 465 g/mol. The van der Waals surface area contributed by atoms with Crippen LogP contribution >= 0.6 is 0 Å². The van der Waals surface area contributed by atoms with Gasteiger partial charge in [-0.3, -0.25) is 15.0 Å². The molecule has 0 aliphatic carbocycles. The van der Waals surface area contributed by atoms with Crippen LogP contribution in [0, 0.1) is 0 Å². The number of nitrogens with zero attached hydrogens (tertiary/aromatic N) is 2. The second kappa shape index (κ2) is 10.8. The summed E-state index contributed by atoms with van der Waals surface area (Å²) >= 11 is 0. The van der Waals surface area contributed by atoms with E-state index in [9.17, 15) is 14.4 Å². The van der Waals surface area contributed by atoms with Crippen LogP contribution in [-0.4, -0.2) is 27.5 Å². The molecule has 1 heterocycles. The molecule has 1 aromatic heterocycles. The van der Waals surface area contributed by atoms with E-state index in [-0.39, 0.29) is 17.8 Å². The third-order valence-corrected chi connectivity index (χ3v) is 5.18. The van der Waals surface area contributed by atoms with E-state index in [0.717, 1.165) is 11.3 Å². The Balaban J connectivity index is 1.78. The molecule has 0 unspecified atom stereocenters. The van der Waals surface area contributed by atoms with Gasteiger partial charge in [0.05, 0.1) is 11.4 Å². The summed E-state index contributed by atoms with van der Waals surface area (Å²) in [5.74, 6) is -0.901. The number of Topliss-reactive ketones (excluding diaryl/α,β-unsaturated/α-hetero) is 1. The van der Waals surface area contributed by atoms with Crippen LogP contribution in [0.15, 0.2) is 103 Å². The lowest BCUT2D eigenvalue weighted by molar-refractivity contribution is -0.118. The van der Waals surface area contributed by atoms with Crippen molar-refractivity contribution in [3.63, 3.8) is 0 Å². The van der Waals surface area contributed by atoms with E-state index in [0.29, 0.717) is 16.8 Å². The lowest BCUT2D eigenvalue weighted by atomic mass is 9.99. The van der Waals surface area contributed by atoms with Crippen LogP contribution in [0.3, 0.4) is 0 Å². The lowest BCUT2D eigenvalue weighted by Crippen LogP contribution is -2.45. The number of nitrogens with one attached hydrogen (secondary N) is 2. The molecule has 0 fully saturated rings. The quantitative estimate of drug-likeness (QED) is 0.218. The fourth-order valence-corrected chi connectivity index (χ4v) is 3.51. The molecule has 8 nitrogen and oxygen atoms in total. The van der Waals surface area contributed by atoms with Crippen LogP contribution < -0.4 is 16.6 Å². The zero-order valence-corrected chi connectivity index (χ0v) is 18.7. The van der Waals surface area contributed by atoms with Crippen molar-refractivity contribution in [2.45, 2.75) is 6.42 Å². The van der Waals surface area contributed by atoms with Gasteiger partial charge in [0.15, 0.2) is 5.78 Å². The van der Waals surface area contributed by atoms with Gasteiger partial charge in [-0.15, -0.1) is 0 Å². The number of nitrogens with two attached hydrogens (primary N) is 1. The summed E-state index contributed by atoms with van der Waals surface area (Å²) < 4.78 is 1.71. The Kier molecular flexibility index (Phi) is 7.13. The van der Waals surface area contributed by atoms with Gasteiger partial charge in [0.1, 0.15) is 0 Å². The van der Waals surface area contributed by atoms with Gasteiger partial charge in [0.2, 0.25) is 0 Å². The normalized spacial score (nSPS) is 11.0. The predicted octanol–water partition coefficient (Wildman–Crippen LogP) is 3.90. The maximum atomic E-state index is 12.9. The van der Waals surface area contributed by atoms with Crippen LogP contribution in [-0.2, 0) is 4.79 Å². The maximum Gasteiger partial charge on any atom is 0.330 e. The first-order valence-corrected chi connectivity index (χ1v) is 10.9. The molecule has 3 amide bonds. The molecular weight excluding hydrogens is 442 g/mol. The standard InChI is InChI=1S/C27H23N5O3/c28-27(35)30-29-26(34)21(17-24(33)19-10-4-1-5-11-19)16-22-18-32(23-14-8-3-9-15-23)31-25(22)20-12-6-2-7-13-20/h1-16,18H,17H2,(H,29,34)(H3,28,30,35)/b21-16+. The van der Waals surface area contributed by atoms with Crippen LogP contribution in [0.2, 0.25) is 0 Å². The van der Waals surface area contributed by atoms with Crippen LogP contribution in [0.4, 0.5) is 4.79 Å². The number of carbonyl (C=O) groups excluding carboxylic acids is 3. The number of aromatic nitrogens is 2. The minimum absolute atomic E-state index is 0.136. The molecule has 4 N–H and O–H groups in total. The highest BCUT2D eigenvalue weighted by atomic mass is 16.2. The number of amides is 3. The van der Waals surface area contributed by atoms with E-state index in [4.69, 9.17) is 10.8 Å². The zero-order chi connectivity index (χ0) is 24.6. The Morgan fingerprint density at radius 1 is 0.829 bits per heavy atom. The molecule has 0 radical (unpaired) electrons. The van der Waals surface area contributed by atoms with E-state index < -0.39 is 11.9 Å². The summed E-state index contributed by atoms with van der Waals surface area (Å²) in [6, 6.07) is 26.8. The summed E-state index contributed by atoms with van der Waals surface area (Å²) in [6.07, 6.45) is 3.20. The second-order valence-corrected chi connectivity index (χ2v) is 7.66. The van der Waals surface area contributed by atoms with E-state index in [1.807, 2.05) is 60.7 Å². The van der Waals surface area contributed by atoms with Crippen LogP contribution in [0.1, 0.15) is 22.3 Å². The Bertz CT molecular complexity index is 1360. The van der Waals surface area contributed by atoms with E-state index in [1.165, 1.54) is 0 Å². The third kappa shape index (κ3) is 5.88. The van der Waals surface area contributed by atoms with Gasteiger partial charge in [-0.1, -0.05) is 78.9 Å². The summed E-state index contributed by atoms with van der Waals surface area (Å²) in [7, 11) is 0. The molecule has 0 spiro atoms. The Morgan fingerprint density at radius 2 is 1.43 bits per heavy atom. The van der Waals surface area contributed by atoms with Gasteiger partial charge in [-0.05, 0) is 18.2 Å². The molecule has 3 aromatic carbocycles. The van der Waals surface area contributed by atoms with Crippen molar-refractivity contribution in [2.75, 3.05) is 0 Å². The number of rotatable bonds is 7. The molecule has 0 atom stereocenters. The fourth-order valence-electron chi connectivity index (χ4n) is 3.51. The Labute approximate surface area is 202 Å². The molecule has 4 rings (SSSR count). The van der Waals surface area contributed by atoms with E-state index in [2.05, 4.69) is 10.9 Å². The van der Waals surface area contributed by atoms with Gasteiger partial charge in [0, 0.05) is 34.9 Å². The molecular formula is C27H23N5O3. The minimum Gasteiger partial charge on any atom is -0.350 e. The minimum atomic E-state index is -0.922. The molecule has 0 aliphatic rings. The largest absolute Gasteiger partial charge is 0.350 e. The molecule has 4 aromatic rings. The number of urea groups is 1. The summed E-state index contributed by atoms with van der Waals surface area (Å²) in [6.45, 7) is 0. The first-order chi connectivity index (χ1) is 17.0. The SMILES string of the molecule is NC(=O)NNC(=O)/C(=C/c1cn(-c2ccccc2)nc1-c1ccccc1)CC(=O)c1ccccc1. The highest BCUT2D eigenvalue weighted by molar-refractivity contribution is 6.07. The fraction of sp³-hybridized carbons (Fsp3) is 0.0370. The Hall–Kier alpha value is -4.98. The molecule has 35 heavy (non-hydrogen) atoms. The van der Waals surface area contributed by atoms with E-state index in [1.54, 1.807) is 47.3 Å². The third-order valence-electron chi connectivity index (χ3n) is 5.18. The molecule has 0 bridgehead atoms. The smallest absolute Gasteiger partial charge is 0.330 e. The molecule has 0 saturated carbocycles. The lowest BCUT2D eigenvalue weighted by Gasteiger charge is -2.09. The molecule has 174 valence electrons. The second-order valence-electron chi connectivity index (χ2n) is 7.66. The highest BCUT2D eigenvalue weighted by Gasteiger charge is 2.19. The number of para-hydroxylation sites is 1. The van der Waals surface area contributed by atoms with Crippen LogP contribution in [0.5, 0.6) is 0 Å². The van der Waals surface area contributed by atoms with Crippen molar-refractivity contribution in [3.8, 4) is 16.9 Å². The number of benzene rings is 3. The number of hydrazine groups is 1. The van der Waals surface area contributed by atoms with Crippen molar-refractivity contribution in [2.24, 2.45) is 5.73 Å². The van der Waals surface area contributed by atoms with Gasteiger partial charge >= 0.3 is 6.03 Å². The number of hydrogen-bond donors (Lipinski definition) is 3. The Morgan fingerprint density at radius 3 is 2.06 bits per heavy atom. The molecule has 8 heteroatoms. The van der Waals surface area contributed by atoms with Gasteiger partial charge in [0.25, 0.3) is 5.91 Å². The average molecular weight is 466 g/mol. The predicted molar refractivity (Wildman–Crippen MR) is 133 cm³/mol. The topological polar surface area (TPSA) is 119 Å². The first-order valence-electron chi connectivity index (χ1n) is 10.9. The number of ketones is 1. The molecule has 0 aliphatic heterocycles. The summed E-state index contributed by atoms with van der Waals surface area (Å²) in [5.41, 5.74) is 13.0. The summed E-state index contributed by atoms with van der Waals surface area (Å²) in [4.78, 5) is 37.0.